The fourth-order valence-electron chi connectivity index (χ4n) is 6.81. The Hall–Kier alpha value is -2.30. The van der Waals surface area contributed by atoms with Gasteiger partial charge < -0.3 is 56.2 Å². The van der Waals surface area contributed by atoms with Crippen molar-refractivity contribution in [2.24, 2.45) is 0 Å². The maximum absolute atomic E-state index is 14.5. The molecule has 3 aliphatic heterocycles. The zero-order valence-electron chi connectivity index (χ0n) is 34.7. The minimum atomic E-state index is -4.38. The molecular weight excluding hydrogens is 820 g/mol. The van der Waals surface area contributed by atoms with Crippen LogP contribution in [0, 0.1) is 0 Å². The van der Waals surface area contributed by atoms with E-state index in [0.717, 1.165) is 5.56 Å². The van der Waals surface area contributed by atoms with Crippen LogP contribution in [0.1, 0.15) is 11.9 Å². The van der Waals surface area contributed by atoms with Gasteiger partial charge >= 0.3 is 7.82 Å². The minimum absolute atomic E-state index is 0.0658. The number of aliphatic hydroxyl groups excluding tert-OH is 2. The quantitative estimate of drug-likeness (QED) is 0.110. The van der Waals surface area contributed by atoms with Gasteiger partial charge in [-0.1, -0.05) is 66.7 Å². The van der Waals surface area contributed by atoms with Crippen molar-refractivity contribution in [1.29, 1.82) is 0 Å². The van der Waals surface area contributed by atoms with Crippen molar-refractivity contribution in [2.75, 3.05) is 13.2 Å². The second-order valence-corrected chi connectivity index (χ2v) is 32.4. The normalized spacial score (nSPS) is 31.0. The zero-order valence-corrected chi connectivity index (χ0v) is 38.6. The van der Waals surface area contributed by atoms with Crippen LogP contribution in [0.15, 0.2) is 91.0 Å². The highest BCUT2D eigenvalue weighted by Gasteiger charge is 2.56. The minimum Gasteiger partial charge on any atom is -0.409 e. The molecule has 3 fully saturated rings. The molecule has 0 spiro atoms. The SMILES string of the molecule is C[Si](C)(C)O[C@@H]1[C@@H](O[Si](C)(C)C)[C@H](O[C@@H]2O[C@@H]3COC(c4ccccc4)O[C@H]3[C@H](O)[C@H]2O)O[C@H](COP(=O)(Oc2ccccc2)Oc2ccccc2)[C@H]1O[Si](C)(C)C. The Balaban J connectivity index is 1.31. The number of hydrogen-bond acceptors (Lipinski definition) is 14. The van der Waals surface area contributed by atoms with Gasteiger partial charge in [0, 0.05) is 5.56 Å². The highest BCUT2D eigenvalue weighted by Crippen LogP contribution is 2.50. The summed E-state index contributed by atoms with van der Waals surface area (Å²) < 4.78 is 85.0. The molecule has 1 unspecified atom stereocenters. The van der Waals surface area contributed by atoms with E-state index in [1.54, 1.807) is 48.5 Å². The average molecular weight is 879 g/mol. The number of rotatable bonds is 16. The van der Waals surface area contributed by atoms with E-state index in [9.17, 15) is 14.8 Å². The summed E-state index contributed by atoms with van der Waals surface area (Å²) in [4.78, 5) is 0. The molecule has 58 heavy (non-hydrogen) atoms. The van der Waals surface area contributed by atoms with Crippen molar-refractivity contribution >= 4 is 32.8 Å². The Kier molecular flexibility index (Phi) is 14.6. The van der Waals surface area contributed by atoms with Crippen molar-refractivity contribution in [2.45, 2.75) is 127 Å². The Morgan fingerprint density at radius 2 is 1.12 bits per heavy atom. The smallest absolute Gasteiger partial charge is 0.409 e. The Labute approximate surface area is 344 Å². The standard InChI is InChI=1S/C40H59O14PSi3/c1-56(2,3)52-35-31(26-45-55(43,50-28-21-15-11-16-22-28)51-29-23-17-12-18-24-29)47-40(37(54-58(7,8)9)36(35)53-57(4,5)6)49-39-33(42)32(41)34-30(46-39)25-44-38(48-34)27-19-13-10-14-20-27/h10-24,30-42H,25-26H2,1-9H3/t30-,31-,32-,33-,34-,35-,36+,37-,38?,39+,40+/m1/s1. The van der Waals surface area contributed by atoms with Gasteiger partial charge in [0.2, 0.25) is 0 Å². The second kappa shape index (κ2) is 18.8. The maximum Gasteiger partial charge on any atom is 0.587 e. The molecule has 3 aromatic rings. The zero-order chi connectivity index (χ0) is 41.9. The van der Waals surface area contributed by atoms with Gasteiger partial charge in [0.05, 0.1) is 13.2 Å². The van der Waals surface area contributed by atoms with Crippen molar-refractivity contribution < 1.29 is 65.3 Å². The predicted molar refractivity (Wildman–Crippen MR) is 223 cm³/mol. The molecule has 3 saturated heterocycles. The monoisotopic (exact) mass is 878 g/mol. The van der Waals surface area contributed by atoms with Gasteiger partial charge in [0.1, 0.15) is 60.3 Å². The van der Waals surface area contributed by atoms with Gasteiger partial charge in [0.15, 0.2) is 43.8 Å². The van der Waals surface area contributed by atoms with Gasteiger partial charge in [0.25, 0.3) is 0 Å². The lowest BCUT2D eigenvalue weighted by molar-refractivity contribution is -0.396. The molecule has 0 radical (unpaired) electrons. The number of ether oxygens (including phenoxy) is 5. The third-order valence-corrected chi connectivity index (χ3v) is 13.3. The van der Waals surface area contributed by atoms with E-state index in [2.05, 4.69) is 39.3 Å². The largest absolute Gasteiger partial charge is 0.587 e. The van der Waals surface area contributed by atoms with Crippen molar-refractivity contribution in [1.82, 2.24) is 0 Å². The summed E-state index contributed by atoms with van der Waals surface area (Å²) in [7, 11) is -11.5. The second-order valence-electron chi connectivity index (χ2n) is 17.5. The Bertz CT molecular complexity index is 1730. The van der Waals surface area contributed by atoms with E-state index in [1.807, 2.05) is 62.1 Å². The van der Waals surface area contributed by atoms with Gasteiger partial charge in [-0.25, -0.2) is 4.57 Å². The summed E-state index contributed by atoms with van der Waals surface area (Å²) in [6.07, 6.45) is -11.5. The Morgan fingerprint density at radius 3 is 1.66 bits per heavy atom. The van der Waals surface area contributed by atoms with E-state index < -0.39 is 100 Å². The number of benzene rings is 3. The third-order valence-electron chi connectivity index (χ3n) is 9.05. The summed E-state index contributed by atoms with van der Waals surface area (Å²) >= 11 is 0. The molecule has 0 aromatic heterocycles. The number of para-hydroxylation sites is 2. The fraction of sp³-hybridized carbons (Fsp3) is 0.550. The van der Waals surface area contributed by atoms with E-state index in [1.165, 1.54) is 0 Å². The molecule has 0 amide bonds. The molecule has 3 aromatic carbocycles. The summed E-state index contributed by atoms with van der Waals surface area (Å²) in [6.45, 7) is 18.2. The van der Waals surface area contributed by atoms with Crippen LogP contribution in [0.4, 0.5) is 0 Å². The summed E-state index contributed by atoms with van der Waals surface area (Å²) in [5, 5.41) is 23.0. The number of phosphoric acid groups is 1. The molecule has 0 bridgehead atoms. The molecule has 11 atom stereocenters. The number of hydrogen-bond donors (Lipinski definition) is 2. The van der Waals surface area contributed by atoms with Crippen LogP contribution in [0.5, 0.6) is 11.5 Å². The van der Waals surface area contributed by atoms with Crippen molar-refractivity contribution in [3.8, 4) is 11.5 Å². The van der Waals surface area contributed by atoms with Crippen LogP contribution >= 0.6 is 7.82 Å². The van der Waals surface area contributed by atoms with Crippen LogP contribution < -0.4 is 9.05 Å². The van der Waals surface area contributed by atoms with Gasteiger partial charge in [-0.3, -0.25) is 4.52 Å². The number of aliphatic hydroxyl groups is 2. The van der Waals surface area contributed by atoms with Gasteiger partial charge in [-0.05, 0) is 83.2 Å². The van der Waals surface area contributed by atoms with E-state index in [-0.39, 0.29) is 24.7 Å². The van der Waals surface area contributed by atoms with E-state index >= 15 is 0 Å². The molecule has 6 rings (SSSR count). The summed E-state index contributed by atoms with van der Waals surface area (Å²) in [5.41, 5.74) is 0.771. The maximum atomic E-state index is 14.5. The number of phosphoric ester groups is 1. The summed E-state index contributed by atoms with van der Waals surface area (Å²) in [6, 6.07) is 26.6. The molecule has 0 saturated carbocycles. The lowest BCUT2D eigenvalue weighted by Gasteiger charge is -2.52. The van der Waals surface area contributed by atoms with Crippen molar-refractivity contribution in [3.63, 3.8) is 0 Å². The fourth-order valence-corrected chi connectivity index (χ4v) is 11.3. The van der Waals surface area contributed by atoms with Crippen LogP contribution in [0.2, 0.25) is 58.9 Å². The topological polar surface area (TPSA) is 159 Å². The highest BCUT2D eigenvalue weighted by molar-refractivity contribution is 7.49. The van der Waals surface area contributed by atoms with Crippen LogP contribution in [-0.4, -0.2) is 110 Å². The van der Waals surface area contributed by atoms with Crippen LogP contribution in [-0.2, 0) is 46.1 Å². The molecule has 18 heteroatoms. The van der Waals surface area contributed by atoms with E-state index in [4.69, 9.17) is 50.5 Å². The lowest BCUT2D eigenvalue weighted by Crippen LogP contribution is -2.68. The van der Waals surface area contributed by atoms with Gasteiger partial charge in [-0.2, -0.15) is 0 Å². The predicted octanol–water partition coefficient (Wildman–Crippen LogP) is 7.23. The molecule has 0 aliphatic carbocycles. The highest BCUT2D eigenvalue weighted by atomic mass is 31.2. The average Bonchev–Trinajstić information content (AvgIpc) is 3.15. The van der Waals surface area contributed by atoms with E-state index in [0.29, 0.717) is 0 Å². The first kappa shape index (κ1) is 45.2. The molecule has 14 nitrogen and oxygen atoms in total. The third kappa shape index (κ3) is 12.4. The molecular formula is C40H59O14PSi3. The summed E-state index contributed by atoms with van der Waals surface area (Å²) in [5.74, 6) is 0.550. The number of fused-ring (bicyclic) bond motifs is 1. The first-order valence-electron chi connectivity index (χ1n) is 19.7. The van der Waals surface area contributed by atoms with Crippen LogP contribution in [0.25, 0.3) is 0 Å². The van der Waals surface area contributed by atoms with Crippen molar-refractivity contribution in [3.05, 3.63) is 96.6 Å². The molecule has 3 heterocycles. The van der Waals surface area contributed by atoms with Crippen LogP contribution in [0.3, 0.4) is 0 Å². The van der Waals surface area contributed by atoms with Gasteiger partial charge in [-0.15, -0.1) is 0 Å². The molecule has 3 aliphatic rings. The first-order chi connectivity index (χ1) is 27.3. The molecule has 2 N–H and O–H groups in total. The Morgan fingerprint density at radius 1 is 0.621 bits per heavy atom. The lowest BCUT2D eigenvalue weighted by atomic mass is 9.97. The molecule has 320 valence electrons. The first-order valence-corrected chi connectivity index (χ1v) is 31.4.